The summed E-state index contributed by atoms with van der Waals surface area (Å²) >= 11 is 0. The molecule has 0 bridgehead atoms. The lowest BCUT2D eigenvalue weighted by atomic mass is 10.1. The van der Waals surface area contributed by atoms with Crippen LogP contribution in [0.3, 0.4) is 0 Å². The van der Waals surface area contributed by atoms with Crippen LogP contribution in [0.25, 0.3) is 0 Å². The first-order valence-corrected chi connectivity index (χ1v) is 8.26. The van der Waals surface area contributed by atoms with Crippen LogP contribution in [-0.4, -0.2) is 18.4 Å². The molecule has 1 aromatic rings. The quantitative estimate of drug-likeness (QED) is 0.894. The van der Waals surface area contributed by atoms with Crippen molar-refractivity contribution in [2.75, 3.05) is 16.8 Å². The number of anilines is 2. The first kappa shape index (κ1) is 16.5. The van der Waals surface area contributed by atoms with E-state index in [0.29, 0.717) is 18.8 Å². The fourth-order valence-corrected chi connectivity index (χ4v) is 2.62. The van der Waals surface area contributed by atoms with Gasteiger partial charge in [-0.15, -0.1) is 0 Å². The standard InChI is InChI=1S/C18H26N2O2/c1-14(2)7-12-17(21)19-15-8-10-16(11-9-15)20-13-5-3-4-6-18(20)22/h8-11,14H,3-7,12-13H2,1-2H3,(H,19,21). The van der Waals surface area contributed by atoms with Gasteiger partial charge in [-0.2, -0.15) is 0 Å². The summed E-state index contributed by atoms with van der Waals surface area (Å²) in [5.74, 6) is 0.778. The molecule has 0 saturated carbocycles. The maximum atomic E-state index is 12.1. The van der Waals surface area contributed by atoms with E-state index in [1.807, 2.05) is 29.2 Å². The molecule has 0 spiro atoms. The molecule has 0 atom stereocenters. The molecule has 1 saturated heterocycles. The SMILES string of the molecule is CC(C)CCC(=O)Nc1ccc(N2CCCCCC2=O)cc1. The molecule has 2 amide bonds. The molecule has 4 heteroatoms. The summed E-state index contributed by atoms with van der Waals surface area (Å²) in [6, 6.07) is 7.59. The normalized spacial score (nSPS) is 15.8. The average molecular weight is 302 g/mol. The highest BCUT2D eigenvalue weighted by Crippen LogP contribution is 2.22. The van der Waals surface area contributed by atoms with Crippen molar-refractivity contribution in [3.8, 4) is 0 Å². The Morgan fingerprint density at radius 3 is 2.59 bits per heavy atom. The zero-order chi connectivity index (χ0) is 15.9. The molecule has 2 rings (SSSR count). The minimum absolute atomic E-state index is 0.0484. The third-order valence-corrected chi connectivity index (χ3v) is 3.98. The zero-order valence-electron chi connectivity index (χ0n) is 13.6. The lowest BCUT2D eigenvalue weighted by Gasteiger charge is -2.21. The zero-order valence-corrected chi connectivity index (χ0v) is 13.6. The number of nitrogens with one attached hydrogen (secondary N) is 1. The maximum absolute atomic E-state index is 12.1. The van der Waals surface area contributed by atoms with Gasteiger partial charge in [0.25, 0.3) is 0 Å². The summed E-state index contributed by atoms with van der Waals surface area (Å²) in [6.07, 6.45) is 5.23. The van der Waals surface area contributed by atoms with Crippen LogP contribution in [0.1, 0.15) is 52.4 Å². The van der Waals surface area contributed by atoms with Crippen molar-refractivity contribution in [1.82, 2.24) is 0 Å². The molecule has 120 valence electrons. The lowest BCUT2D eigenvalue weighted by molar-refractivity contribution is -0.118. The van der Waals surface area contributed by atoms with E-state index >= 15 is 0 Å². The monoisotopic (exact) mass is 302 g/mol. The Labute approximate surface area is 132 Å². The van der Waals surface area contributed by atoms with Gasteiger partial charge in [-0.1, -0.05) is 20.3 Å². The van der Waals surface area contributed by atoms with Crippen LogP contribution in [0.4, 0.5) is 11.4 Å². The van der Waals surface area contributed by atoms with Gasteiger partial charge in [-0.3, -0.25) is 9.59 Å². The Hall–Kier alpha value is -1.84. The fourth-order valence-electron chi connectivity index (χ4n) is 2.62. The van der Waals surface area contributed by atoms with Crippen LogP contribution in [0.2, 0.25) is 0 Å². The van der Waals surface area contributed by atoms with E-state index in [2.05, 4.69) is 19.2 Å². The van der Waals surface area contributed by atoms with Gasteiger partial charge < -0.3 is 10.2 Å². The van der Waals surface area contributed by atoms with Crippen molar-refractivity contribution in [2.24, 2.45) is 5.92 Å². The minimum atomic E-state index is 0.0484. The summed E-state index contributed by atoms with van der Waals surface area (Å²) in [4.78, 5) is 25.8. The summed E-state index contributed by atoms with van der Waals surface area (Å²) in [6.45, 7) is 5.01. The molecule has 1 aliphatic rings. The number of carbonyl (C=O) groups is 2. The van der Waals surface area contributed by atoms with Crippen LogP contribution in [0.5, 0.6) is 0 Å². The number of amides is 2. The third-order valence-electron chi connectivity index (χ3n) is 3.98. The predicted molar refractivity (Wildman–Crippen MR) is 90.0 cm³/mol. The maximum Gasteiger partial charge on any atom is 0.226 e. The third kappa shape index (κ3) is 4.86. The summed E-state index contributed by atoms with van der Waals surface area (Å²) in [5.41, 5.74) is 1.71. The topological polar surface area (TPSA) is 49.4 Å². The first-order valence-electron chi connectivity index (χ1n) is 8.26. The highest BCUT2D eigenvalue weighted by atomic mass is 16.2. The van der Waals surface area contributed by atoms with E-state index in [-0.39, 0.29) is 11.8 Å². The van der Waals surface area contributed by atoms with Gasteiger partial charge in [0.1, 0.15) is 0 Å². The highest BCUT2D eigenvalue weighted by molar-refractivity contribution is 5.94. The molecule has 0 radical (unpaired) electrons. The molecular weight excluding hydrogens is 276 g/mol. The van der Waals surface area contributed by atoms with Crippen LogP contribution >= 0.6 is 0 Å². The summed E-state index contributed by atoms with van der Waals surface area (Å²) in [5, 5.41) is 2.91. The number of hydrogen-bond acceptors (Lipinski definition) is 2. The average Bonchev–Trinajstić information content (AvgIpc) is 2.71. The van der Waals surface area contributed by atoms with Crippen molar-refractivity contribution in [3.63, 3.8) is 0 Å². The van der Waals surface area contributed by atoms with Crippen molar-refractivity contribution < 1.29 is 9.59 Å². The highest BCUT2D eigenvalue weighted by Gasteiger charge is 2.18. The van der Waals surface area contributed by atoms with Crippen molar-refractivity contribution >= 4 is 23.2 Å². The Morgan fingerprint density at radius 1 is 1.18 bits per heavy atom. The van der Waals surface area contributed by atoms with Gasteiger partial charge in [-0.25, -0.2) is 0 Å². The molecule has 1 fully saturated rings. The molecule has 0 aromatic heterocycles. The predicted octanol–water partition coefficient (Wildman–Crippen LogP) is 3.97. The number of carbonyl (C=O) groups excluding carboxylic acids is 2. The summed E-state index contributed by atoms with van der Waals surface area (Å²) in [7, 11) is 0. The molecule has 1 N–H and O–H groups in total. The lowest BCUT2D eigenvalue weighted by Crippen LogP contribution is -2.29. The molecule has 1 aliphatic heterocycles. The number of nitrogens with zero attached hydrogens (tertiary/aromatic N) is 1. The minimum Gasteiger partial charge on any atom is -0.326 e. The summed E-state index contributed by atoms with van der Waals surface area (Å²) < 4.78 is 0. The smallest absolute Gasteiger partial charge is 0.226 e. The number of rotatable bonds is 5. The second kappa shape index (κ2) is 7.97. The second-order valence-electron chi connectivity index (χ2n) is 6.38. The Kier molecular flexibility index (Phi) is 5.99. The van der Waals surface area contributed by atoms with E-state index in [9.17, 15) is 9.59 Å². The molecule has 4 nitrogen and oxygen atoms in total. The van der Waals surface area contributed by atoms with Gasteiger partial charge in [0, 0.05) is 30.8 Å². The molecule has 22 heavy (non-hydrogen) atoms. The van der Waals surface area contributed by atoms with Crippen LogP contribution < -0.4 is 10.2 Å². The fraction of sp³-hybridized carbons (Fsp3) is 0.556. The Balaban J connectivity index is 1.94. The van der Waals surface area contributed by atoms with E-state index in [4.69, 9.17) is 0 Å². The number of hydrogen-bond donors (Lipinski definition) is 1. The van der Waals surface area contributed by atoms with Gasteiger partial charge in [-0.05, 0) is 49.4 Å². The van der Waals surface area contributed by atoms with Crippen LogP contribution in [-0.2, 0) is 9.59 Å². The van der Waals surface area contributed by atoms with E-state index in [0.717, 1.165) is 43.6 Å². The van der Waals surface area contributed by atoms with E-state index in [1.165, 1.54) is 0 Å². The molecule has 1 aromatic carbocycles. The van der Waals surface area contributed by atoms with Crippen LogP contribution in [0, 0.1) is 5.92 Å². The van der Waals surface area contributed by atoms with E-state index in [1.54, 1.807) is 0 Å². The molecular formula is C18H26N2O2. The Morgan fingerprint density at radius 2 is 1.91 bits per heavy atom. The van der Waals surface area contributed by atoms with Gasteiger partial charge in [0.15, 0.2) is 0 Å². The molecule has 1 heterocycles. The van der Waals surface area contributed by atoms with Crippen molar-refractivity contribution in [3.05, 3.63) is 24.3 Å². The molecule has 0 unspecified atom stereocenters. The van der Waals surface area contributed by atoms with Gasteiger partial charge in [0.2, 0.25) is 11.8 Å². The first-order chi connectivity index (χ1) is 10.6. The molecule has 0 aliphatic carbocycles. The Bertz CT molecular complexity index is 508. The van der Waals surface area contributed by atoms with Crippen molar-refractivity contribution in [1.29, 1.82) is 0 Å². The number of benzene rings is 1. The van der Waals surface area contributed by atoms with E-state index < -0.39 is 0 Å². The van der Waals surface area contributed by atoms with Gasteiger partial charge >= 0.3 is 0 Å². The van der Waals surface area contributed by atoms with Crippen molar-refractivity contribution in [2.45, 2.75) is 52.4 Å². The second-order valence-corrected chi connectivity index (χ2v) is 6.38. The van der Waals surface area contributed by atoms with Crippen LogP contribution in [0.15, 0.2) is 24.3 Å². The van der Waals surface area contributed by atoms with Gasteiger partial charge in [0.05, 0.1) is 0 Å². The largest absolute Gasteiger partial charge is 0.326 e.